The standard InChI is InChI=1S/C13H15NO2/c1-9(15)7-12(14-2)11-8-16-13-6-4-3-5-10(11)13/h3-6,8,12,14H,7H2,1-2H3. The third-order valence-electron chi connectivity index (χ3n) is 2.73. The van der Waals surface area contributed by atoms with Crippen LogP contribution in [0.25, 0.3) is 11.0 Å². The van der Waals surface area contributed by atoms with Crippen molar-refractivity contribution < 1.29 is 9.21 Å². The van der Waals surface area contributed by atoms with Gasteiger partial charge >= 0.3 is 0 Å². The second-order valence-corrected chi connectivity index (χ2v) is 3.93. The van der Waals surface area contributed by atoms with Gasteiger partial charge < -0.3 is 9.73 Å². The van der Waals surface area contributed by atoms with E-state index in [1.54, 1.807) is 13.2 Å². The first-order valence-electron chi connectivity index (χ1n) is 5.35. The summed E-state index contributed by atoms with van der Waals surface area (Å²) in [4.78, 5) is 11.2. The zero-order valence-electron chi connectivity index (χ0n) is 9.49. The van der Waals surface area contributed by atoms with E-state index in [0.29, 0.717) is 6.42 Å². The molecule has 0 bridgehead atoms. The van der Waals surface area contributed by atoms with E-state index in [9.17, 15) is 4.79 Å². The predicted octanol–water partition coefficient (Wildman–Crippen LogP) is 2.67. The molecule has 0 radical (unpaired) electrons. The monoisotopic (exact) mass is 217 g/mol. The van der Waals surface area contributed by atoms with Crippen LogP contribution in [0.1, 0.15) is 24.9 Å². The molecule has 1 aromatic carbocycles. The molecular weight excluding hydrogens is 202 g/mol. The first kappa shape index (κ1) is 10.9. The Morgan fingerprint density at radius 1 is 1.44 bits per heavy atom. The van der Waals surface area contributed by atoms with Crippen LogP contribution in [0.5, 0.6) is 0 Å². The fourth-order valence-electron chi connectivity index (χ4n) is 1.92. The van der Waals surface area contributed by atoms with Gasteiger partial charge in [0.05, 0.1) is 6.26 Å². The van der Waals surface area contributed by atoms with E-state index in [4.69, 9.17) is 4.42 Å². The number of furan rings is 1. The maximum Gasteiger partial charge on any atom is 0.134 e. The average molecular weight is 217 g/mol. The first-order chi connectivity index (χ1) is 7.72. The van der Waals surface area contributed by atoms with Crippen LogP contribution in [0.3, 0.4) is 0 Å². The molecule has 84 valence electrons. The number of para-hydroxylation sites is 1. The van der Waals surface area contributed by atoms with E-state index in [-0.39, 0.29) is 11.8 Å². The van der Waals surface area contributed by atoms with E-state index in [2.05, 4.69) is 5.32 Å². The van der Waals surface area contributed by atoms with Crippen molar-refractivity contribution in [2.24, 2.45) is 0 Å². The highest BCUT2D eigenvalue weighted by Crippen LogP contribution is 2.27. The minimum atomic E-state index is 0.0288. The molecule has 3 heteroatoms. The molecule has 1 N–H and O–H groups in total. The van der Waals surface area contributed by atoms with Gasteiger partial charge in [-0.1, -0.05) is 18.2 Å². The zero-order valence-corrected chi connectivity index (χ0v) is 9.49. The average Bonchev–Trinajstić information content (AvgIpc) is 2.69. The number of hydrogen-bond donors (Lipinski definition) is 1. The van der Waals surface area contributed by atoms with Crippen LogP contribution >= 0.6 is 0 Å². The van der Waals surface area contributed by atoms with Crippen LogP contribution in [0.4, 0.5) is 0 Å². The summed E-state index contributed by atoms with van der Waals surface area (Å²) < 4.78 is 5.46. The summed E-state index contributed by atoms with van der Waals surface area (Å²) in [5, 5.41) is 4.22. The van der Waals surface area contributed by atoms with Gasteiger partial charge in [0.15, 0.2) is 0 Å². The number of benzene rings is 1. The second-order valence-electron chi connectivity index (χ2n) is 3.93. The van der Waals surface area contributed by atoms with Crippen molar-refractivity contribution in [2.45, 2.75) is 19.4 Å². The maximum absolute atomic E-state index is 11.2. The van der Waals surface area contributed by atoms with Gasteiger partial charge in [-0.25, -0.2) is 0 Å². The summed E-state index contributed by atoms with van der Waals surface area (Å²) in [6.45, 7) is 1.60. The second kappa shape index (κ2) is 4.49. The quantitative estimate of drug-likeness (QED) is 0.856. The van der Waals surface area contributed by atoms with Crippen LogP contribution in [-0.4, -0.2) is 12.8 Å². The number of ketones is 1. The lowest BCUT2D eigenvalue weighted by molar-refractivity contribution is -0.117. The van der Waals surface area contributed by atoms with Crippen molar-refractivity contribution in [3.63, 3.8) is 0 Å². The van der Waals surface area contributed by atoms with Gasteiger partial charge in [-0.3, -0.25) is 4.79 Å². The van der Waals surface area contributed by atoms with E-state index < -0.39 is 0 Å². The Balaban J connectivity index is 2.41. The normalized spacial score (nSPS) is 12.9. The number of rotatable bonds is 4. The Morgan fingerprint density at radius 2 is 2.19 bits per heavy atom. The molecule has 0 aliphatic carbocycles. The van der Waals surface area contributed by atoms with Crippen molar-refractivity contribution in [1.29, 1.82) is 0 Å². The SMILES string of the molecule is CNC(CC(C)=O)c1coc2ccccc12. The molecular formula is C13H15NO2. The van der Waals surface area contributed by atoms with Gasteiger partial charge in [-0.2, -0.15) is 0 Å². The minimum absolute atomic E-state index is 0.0288. The van der Waals surface area contributed by atoms with Crippen LogP contribution < -0.4 is 5.32 Å². The van der Waals surface area contributed by atoms with Crippen LogP contribution in [0, 0.1) is 0 Å². The van der Waals surface area contributed by atoms with Gasteiger partial charge in [0.25, 0.3) is 0 Å². The number of hydrogen-bond acceptors (Lipinski definition) is 3. The first-order valence-corrected chi connectivity index (χ1v) is 5.35. The molecule has 3 nitrogen and oxygen atoms in total. The van der Waals surface area contributed by atoms with Crippen LogP contribution in [0.15, 0.2) is 34.9 Å². The highest BCUT2D eigenvalue weighted by molar-refractivity contribution is 5.83. The molecule has 0 fully saturated rings. The van der Waals surface area contributed by atoms with E-state index in [1.807, 2.05) is 31.3 Å². The molecule has 1 atom stereocenters. The summed E-state index contributed by atoms with van der Waals surface area (Å²) in [6.07, 6.45) is 2.22. The molecule has 1 aromatic heterocycles. The third-order valence-corrected chi connectivity index (χ3v) is 2.73. The predicted molar refractivity (Wildman–Crippen MR) is 63.3 cm³/mol. The Labute approximate surface area is 94.4 Å². The molecule has 2 aromatic rings. The molecule has 2 rings (SSSR count). The Hall–Kier alpha value is -1.61. The summed E-state index contributed by atoms with van der Waals surface area (Å²) >= 11 is 0. The van der Waals surface area contributed by atoms with E-state index in [0.717, 1.165) is 16.5 Å². The number of fused-ring (bicyclic) bond motifs is 1. The number of carbonyl (C=O) groups is 1. The molecule has 0 saturated heterocycles. The number of Topliss-reactive ketones (excluding diaryl/α,β-unsaturated/α-hetero) is 1. The van der Waals surface area contributed by atoms with Gasteiger partial charge in [0.2, 0.25) is 0 Å². The van der Waals surface area contributed by atoms with Gasteiger partial charge in [0.1, 0.15) is 11.4 Å². The summed E-state index contributed by atoms with van der Waals surface area (Å²) in [6, 6.07) is 7.88. The molecule has 0 aliphatic rings. The largest absolute Gasteiger partial charge is 0.464 e. The highest BCUT2D eigenvalue weighted by atomic mass is 16.3. The van der Waals surface area contributed by atoms with Crippen LogP contribution in [-0.2, 0) is 4.79 Å². The van der Waals surface area contributed by atoms with Crippen LogP contribution in [0.2, 0.25) is 0 Å². The van der Waals surface area contributed by atoms with Crippen molar-refractivity contribution >= 4 is 16.8 Å². The zero-order chi connectivity index (χ0) is 11.5. The molecule has 1 heterocycles. The lowest BCUT2D eigenvalue weighted by Gasteiger charge is -2.12. The van der Waals surface area contributed by atoms with Gasteiger partial charge in [-0.15, -0.1) is 0 Å². The molecule has 1 unspecified atom stereocenters. The van der Waals surface area contributed by atoms with Crippen molar-refractivity contribution in [3.05, 3.63) is 36.1 Å². The topological polar surface area (TPSA) is 42.2 Å². The molecule has 0 aliphatic heterocycles. The maximum atomic E-state index is 11.2. The fraction of sp³-hybridized carbons (Fsp3) is 0.308. The molecule has 16 heavy (non-hydrogen) atoms. The smallest absolute Gasteiger partial charge is 0.134 e. The Kier molecular flexibility index (Phi) is 3.06. The van der Waals surface area contributed by atoms with E-state index >= 15 is 0 Å². The lowest BCUT2D eigenvalue weighted by atomic mass is 10.0. The highest BCUT2D eigenvalue weighted by Gasteiger charge is 2.16. The number of nitrogens with one attached hydrogen (secondary N) is 1. The van der Waals surface area contributed by atoms with Gasteiger partial charge in [0, 0.05) is 23.4 Å². The number of carbonyl (C=O) groups excluding carboxylic acids is 1. The van der Waals surface area contributed by atoms with Crippen molar-refractivity contribution in [2.75, 3.05) is 7.05 Å². The fourth-order valence-corrected chi connectivity index (χ4v) is 1.92. The van der Waals surface area contributed by atoms with E-state index in [1.165, 1.54) is 0 Å². The molecule has 0 spiro atoms. The lowest BCUT2D eigenvalue weighted by Crippen LogP contribution is -2.18. The molecule has 0 saturated carbocycles. The third kappa shape index (κ3) is 1.99. The minimum Gasteiger partial charge on any atom is -0.464 e. The van der Waals surface area contributed by atoms with Crippen molar-refractivity contribution in [1.82, 2.24) is 5.32 Å². The summed E-state index contributed by atoms with van der Waals surface area (Å²) in [5.74, 6) is 0.171. The Bertz CT molecular complexity index is 501. The Morgan fingerprint density at radius 3 is 2.88 bits per heavy atom. The van der Waals surface area contributed by atoms with Crippen molar-refractivity contribution in [3.8, 4) is 0 Å². The summed E-state index contributed by atoms with van der Waals surface area (Å²) in [7, 11) is 1.86. The van der Waals surface area contributed by atoms with Gasteiger partial charge in [-0.05, 0) is 20.0 Å². The summed E-state index contributed by atoms with van der Waals surface area (Å²) in [5.41, 5.74) is 1.91. The molecule has 0 amide bonds.